The van der Waals surface area contributed by atoms with Gasteiger partial charge >= 0.3 is 5.97 Å². The number of hydrogen-bond acceptors (Lipinski definition) is 2. The van der Waals surface area contributed by atoms with Crippen molar-refractivity contribution in [1.29, 1.82) is 0 Å². The first-order chi connectivity index (χ1) is 4.77. The largest absolute Gasteiger partial charge is 0.480 e. The summed E-state index contributed by atoms with van der Waals surface area (Å²) in [5.74, 6) is -0.968. The molecule has 0 atom stereocenters. The van der Waals surface area contributed by atoms with Crippen LogP contribution in [0, 0.1) is 0 Å². The molecular formula is C6H10N2O2. The second kappa shape index (κ2) is 5.84. The predicted molar refractivity (Wildman–Crippen MR) is 37.5 cm³/mol. The number of carboxylic acid groups (broad SMARTS) is 1. The zero-order valence-electron chi connectivity index (χ0n) is 5.45. The van der Waals surface area contributed by atoms with Gasteiger partial charge in [-0.2, -0.15) is 0 Å². The molecule has 10 heavy (non-hydrogen) atoms. The minimum absolute atomic E-state index is 0.278. The van der Waals surface area contributed by atoms with Crippen LogP contribution >= 0.6 is 0 Å². The Bertz CT molecular complexity index is 143. The Hall–Kier alpha value is -1.29. The van der Waals surface area contributed by atoms with Crippen LogP contribution in [0.25, 0.3) is 0 Å². The fourth-order valence-electron chi connectivity index (χ4n) is 0.278. The monoisotopic (exact) mass is 142 g/mol. The summed E-state index contributed by atoms with van der Waals surface area (Å²) in [5.41, 5.74) is 4.57. The number of rotatable bonds is 1. The van der Waals surface area contributed by atoms with Crippen LogP contribution in [0.2, 0.25) is 0 Å². The van der Waals surface area contributed by atoms with Gasteiger partial charge in [0, 0.05) is 12.4 Å². The molecule has 0 spiro atoms. The first-order valence-electron chi connectivity index (χ1n) is 2.77. The third kappa shape index (κ3) is 6.71. The van der Waals surface area contributed by atoms with Crippen molar-refractivity contribution in [2.24, 2.45) is 5.73 Å². The molecule has 4 N–H and O–H groups in total. The van der Waals surface area contributed by atoms with E-state index in [-0.39, 0.29) is 6.54 Å². The van der Waals surface area contributed by atoms with Crippen molar-refractivity contribution in [3.63, 3.8) is 0 Å². The van der Waals surface area contributed by atoms with Crippen LogP contribution in [-0.2, 0) is 4.79 Å². The Labute approximate surface area is 58.7 Å². The number of hydrogen-bond donors (Lipinski definition) is 3. The molecule has 0 saturated carbocycles. The van der Waals surface area contributed by atoms with Gasteiger partial charge in [0.25, 0.3) is 0 Å². The molecule has 0 saturated heterocycles. The van der Waals surface area contributed by atoms with Crippen LogP contribution in [0.15, 0.2) is 24.5 Å². The highest BCUT2D eigenvalue weighted by molar-refractivity contribution is 5.68. The normalized spacial score (nSPS) is 7.70. The summed E-state index contributed by atoms with van der Waals surface area (Å²) in [4.78, 5) is 12.1. The van der Waals surface area contributed by atoms with E-state index >= 15 is 0 Å². The van der Waals surface area contributed by atoms with E-state index in [0.29, 0.717) is 0 Å². The summed E-state index contributed by atoms with van der Waals surface area (Å²) in [5, 5.41) is 7.60. The number of carbonyl (C=O) groups is 1. The summed E-state index contributed by atoms with van der Waals surface area (Å²) in [7, 11) is 0. The summed E-state index contributed by atoms with van der Waals surface area (Å²) < 4.78 is 0. The highest BCUT2D eigenvalue weighted by Crippen LogP contribution is 1.72. The minimum atomic E-state index is -0.968. The summed E-state index contributed by atoms with van der Waals surface area (Å²) in [6.07, 6.45) is 3.75. The number of aromatic amines is 1. The van der Waals surface area contributed by atoms with Gasteiger partial charge in [-0.3, -0.25) is 4.79 Å². The smallest absolute Gasteiger partial charge is 0.317 e. The molecule has 0 fully saturated rings. The zero-order valence-corrected chi connectivity index (χ0v) is 5.45. The second-order valence-electron chi connectivity index (χ2n) is 1.48. The molecule has 0 unspecified atom stereocenters. The third-order valence-electron chi connectivity index (χ3n) is 0.671. The number of nitrogens with two attached hydrogens (primary N) is 1. The van der Waals surface area contributed by atoms with Gasteiger partial charge in [0.05, 0.1) is 6.54 Å². The Balaban J connectivity index is 0.000000162. The van der Waals surface area contributed by atoms with Crippen LogP contribution in [0.5, 0.6) is 0 Å². The number of aromatic nitrogens is 1. The number of carboxylic acids is 1. The van der Waals surface area contributed by atoms with Gasteiger partial charge < -0.3 is 15.8 Å². The van der Waals surface area contributed by atoms with E-state index in [4.69, 9.17) is 5.11 Å². The van der Waals surface area contributed by atoms with Crippen molar-refractivity contribution in [2.45, 2.75) is 0 Å². The average molecular weight is 142 g/mol. The van der Waals surface area contributed by atoms with Crippen LogP contribution < -0.4 is 5.73 Å². The van der Waals surface area contributed by atoms with Gasteiger partial charge in [0.1, 0.15) is 0 Å². The Morgan fingerprint density at radius 2 is 1.90 bits per heavy atom. The molecule has 4 heteroatoms. The molecule has 0 radical (unpaired) electrons. The standard InChI is InChI=1S/C4H5N.C2H5NO2/c1-2-4-5-3-1;3-1-2(4)5/h1-5H;1,3H2,(H,4,5). The SMILES string of the molecule is NCC(=O)O.c1cc[nH]c1. The fourth-order valence-corrected chi connectivity index (χ4v) is 0.278. The van der Waals surface area contributed by atoms with Gasteiger partial charge in [-0.15, -0.1) is 0 Å². The van der Waals surface area contributed by atoms with Crippen molar-refractivity contribution in [2.75, 3.05) is 6.54 Å². The maximum Gasteiger partial charge on any atom is 0.317 e. The predicted octanol–water partition coefficient (Wildman–Crippen LogP) is 0.0444. The van der Waals surface area contributed by atoms with Gasteiger partial charge in [-0.05, 0) is 12.1 Å². The van der Waals surface area contributed by atoms with Crippen LogP contribution in [0.1, 0.15) is 0 Å². The van der Waals surface area contributed by atoms with Crippen molar-refractivity contribution >= 4 is 5.97 Å². The van der Waals surface area contributed by atoms with E-state index in [1.807, 2.05) is 24.5 Å². The lowest BCUT2D eigenvalue weighted by Crippen LogP contribution is -2.10. The lowest BCUT2D eigenvalue weighted by atomic mass is 10.7. The molecule has 0 aliphatic rings. The second-order valence-corrected chi connectivity index (χ2v) is 1.48. The zero-order chi connectivity index (χ0) is 7.82. The van der Waals surface area contributed by atoms with Gasteiger partial charge in [0.15, 0.2) is 0 Å². The summed E-state index contributed by atoms with van der Waals surface area (Å²) >= 11 is 0. The van der Waals surface area contributed by atoms with Crippen LogP contribution in [0.3, 0.4) is 0 Å². The lowest BCUT2D eigenvalue weighted by Gasteiger charge is -1.73. The first-order valence-corrected chi connectivity index (χ1v) is 2.77. The van der Waals surface area contributed by atoms with E-state index in [9.17, 15) is 4.79 Å². The molecule has 1 heterocycles. The van der Waals surface area contributed by atoms with Gasteiger partial charge in [0.2, 0.25) is 0 Å². The van der Waals surface area contributed by atoms with E-state index in [2.05, 4.69) is 10.7 Å². The highest BCUT2D eigenvalue weighted by Gasteiger charge is 1.81. The average Bonchev–Trinajstić information content (AvgIpc) is 2.43. The number of aliphatic carboxylic acids is 1. The fraction of sp³-hybridized carbons (Fsp3) is 0.167. The molecule has 0 aromatic carbocycles. The van der Waals surface area contributed by atoms with E-state index in [1.165, 1.54) is 0 Å². The van der Waals surface area contributed by atoms with E-state index < -0.39 is 5.97 Å². The number of nitrogens with one attached hydrogen (secondary N) is 1. The van der Waals surface area contributed by atoms with Crippen molar-refractivity contribution in [3.05, 3.63) is 24.5 Å². The molecule has 4 nitrogen and oxygen atoms in total. The summed E-state index contributed by atoms with van der Waals surface area (Å²) in [6.45, 7) is -0.278. The first kappa shape index (κ1) is 8.71. The minimum Gasteiger partial charge on any atom is -0.480 e. The molecule has 0 amide bonds. The van der Waals surface area contributed by atoms with Crippen LogP contribution in [0.4, 0.5) is 0 Å². The number of H-pyrrole nitrogens is 1. The molecule has 0 aliphatic carbocycles. The topological polar surface area (TPSA) is 79.1 Å². The Morgan fingerprint density at radius 1 is 1.50 bits per heavy atom. The van der Waals surface area contributed by atoms with Crippen molar-refractivity contribution < 1.29 is 9.90 Å². The highest BCUT2D eigenvalue weighted by atomic mass is 16.4. The maximum absolute atomic E-state index is 9.24. The maximum atomic E-state index is 9.24. The quantitative estimate of drug-likeness (QED) is 0.518. The molecule has 1 rings (SSSR count). The molecule has 1 aromatic heterocycles. The molecular weight excluding hydrogens is 132 g/mol. The van der Waals surface area contributed by atoms with E-state index in [1.54, 1.807) is 0 Å². The van der Waals surface area contributed by atoms with Crippen molar-refractivity contribution in [1.82, 2.24) is 4.98 Å². The molecule has 1 aromatic rings. The molecule has 0 bridgehead atoms. The van der Waals surface area contributed by atoms with Gasteiger partial charge in [-0.1, -0.05) is 0 Å². The molecule has 0 aliphatic heterocycles. The third-order valence-corrected chi connectivity index (χ3v) is 0.671. The van der Waals surface area contributed by atoms with Crippen LogP contribution in [-0.4, -0.2) is 22.6 Å². The molecule has 56 valence electrons. The van der Waals surface area contributed by atoms with Crippen molar-refractivity contribution in [3.8, 4) is 0 Å². The van der Waals surface area contributed by atoms with E-state index in [0.717, 1.165) is 0 Å². The van der Waals surface area contributed by atoms with Gasteiger partial charge in [-0.25, -0.2) is 0 Å². The lowest BCUT2D eigenvalue weighted by molar-refractivity contribution is -0.135. The summed E-state index contributed by atoms with van der Waals surface area (Å²) in [6, 6.07) is 3.89. The Morgan fingerprint density at radius 3 is 2.00 bits per heavy atom. The Kier molecular flexibility index (Phi) is 5.09.